The Morgan fingerprint density at radius 2 is 1.00 bits per heavy atom. The van der Waals surface area contributed by atoms with Crippen LogP contribution < -0.4 is 4.74 Å². The summed E-state index contributed by atoms with van der Waals surface area (Å²) in [5.41, 5.74) is 3.91. The molecule has 0 heterocycles. The first kappa shape index (κ1) is 15.2. The van der Waals surface area contributed by atoms with E-state index in [4.69, 9.17) is 0 Å². The molecule has 3 aromatic carbocycles. The van der Waals surface area contributed by atoms with E-state index >= 15 is 0 Å². The SMILES string of the molecule is FC(F)(F)Oc1ccc(-c2ccc(-c3cc[c]cc3)cc2)cc1. The first-order chi connectivity index (χ1) is 11.0. The van der Waals surface area contributed by atoms with Gasteiger partial charge in [0.15, 0.2) is 0 Å². The molecule has 0 aliphatic heterocycles. The maximum absolute atomic E-state index is 12.1. The topological polar surface area (TPSA) is 9.23 Å². The highest BCUT2D eigenvalue weighted by atomic mass is 19.4. The molecule has 0 aliphatic carbocycles. The molecule has 115 valence electrons. The third-order valence-corrected chi connectivity index (χ3v) is 3.36. The number of ether oxygens (including phenoxy) is 1. The third kappa shape index (κ3) is 3.92. The Morgan fingerprint density at radius 3 is 1.43 bits per heavy atom. The van der Waals surface area contributed by atoms with Gasteiger partial charge >= 0.3 is 6.36 Å². The molecule has 0 unspecified atom stereocenters. The minimum absolute atomic E-state index is 0.224. The predicted molar refractivity (Wildman–Crippen MR) is 82.8 cm³/mol. The van der Waals surface area contributed by atoms with Crippen LogP contribution in [0.3, 0.4) is 0 Å². The van der Waals surface area contributed by atoms with E-state index in [1.165, 1.54) is 12.1 Å². The van der Waals surface area contributed by atoms with E-state index in [0.29, 0.717) is 0 Å². The number of halogens is 3. The van der Waals surface area contributed by atoms with Crippen molar-refractivity contribution in [2.75, 3.05) is 0 Å². The van der Waals surface area contributed by atoms with Crippen molar-refractivity contribution in [3.05, 3.63) is 78.9 Å². The minimum Gasteiger partial charge on any atom is -0.406 e. The molecular formula is C19H12F3O. The summed E-state index contributed by atoms with van der Waals surface area (Å²) in [5.74, 6) is -0.224. The average molecular weight is 313 g/mol. The van der Waals surface area contributed by atoms with Crippen molar-refractivity contribution in [2.24, 2.45) is 0 Å². The lowest BCUT2D eigenvalue weighted by atomic mass is 10.0. The third-order valence-electron chi connectivity index (χ3n) is 3.36. The van der Waals surface area contributed by atoms with Gasteiger partial charge in [-0.25, -0.2) is 0 Å². The Hall–Kier alpha value is -2.75. The molecular weight excluding hydrogens is 301 g/mol. The molecule has 1 radical (unpaired) electrons. The Bertz CT molecular complexity index is 760. The summed E-state index contributed by atoms with van der Waals surface area (Å²) >= 11 is 0. The van der Waals surface area contributed by atoms with Crippen LogP contribution in [0.25, 0.3) is 22.3 Å². The summed E-state index contributed by atoms with van der Waals surface area (Å²) in [4.78, 5) is 0. The average Bonchev–Trinajstić information content (AvgIpc) is 2.55. The summed E-state index contributed by atoms with van der Waals surface area (Å²) < 4.78 is 40.3. The zero-order chi connectivity index (χ0) is 16.3. The first-order valence-electron chi connectivity index (χ1n) is 6.94. The predicted octanol–water partition coefficient (Wildman–Crippen LogP) is 5.72. The zero-order valence-corrected chi connectivity index (χ0v) is 12.0. The standard InChI is InChI=1S/C19H12F3O/c20-19(21,22)23-18-12-10-17(11-13-18)16-8-6-15(7-9-16)14-4-2-1-3-5-14/h2-13H. The fraction of sp³-hybridized carbons (Fsp3) is 0.0526. The van der Waals surface area contributed by atoms with Crippen LogP contribution in [0.2, 0.25) is 0 Å². The van der Waals surface area contributed by atoms with Crippen LogP contribution in [0.4, 0.5) is 13.2 Å². The molecule has 0 saturated carbocycles. The Balaban J connectivity index is 1.80. The van der Waals surface area contributed by atoms with Crippen LogP contribution in [0.5, 0.6) is 5.75 Å². The summed E-state index contributed by atoms with van der Waals surface area (Å²) in [6.07, 6.45) is -4.67. The van der Waals surface area contributed by atoms with Gasteiger partial charge in [0.1, 0.15) is 5.75 Å². The molecule has 3 rings (SSSR count). The van der Waals surface area contributed by atoms with Crippen molar-refractivity contribution >= 4 is 0 Å². The zero-order valence-electron chi connectivity index (χ0n) is 12.0. The lowest BCUT2D eigenvalue weighted by Crippen LogP contribution is -2.16. The smallest absolute Gasteiger partial charge is 0.406 e. The fourth-order valence-electron chi connectivity index (χ4n) is 2.28. The Morgan fingerprint density at radius 1 is 0.609 bits per heavy atom. The highest BCUT2D eigenvalue weighted by Crippen LogP contribution is 2.28. The molecule has 4 heteroatoms. The van der Waals surface area contributed by atoms with Gasteiger partial charge in [0.05, 0.1) is 0 Å². The molecule has 0 spiro atoms. The van der Waals surface area contributed by atoms with Gasteiger partial charge in [-0.15, -0.1) is 13.2 Å². The fourth-order valence-corrected chi connectivity index (χ4v) is 2.28. The van der Waals surface area contributed by atoms with E-state index in [9.17, 15) is 13.2 Å². The summed E-state index contributed by atoms with van der Waals surface area (Å²) in [7, 11) is 0. The van der Waals surface area contributed by atoms with Crippen molar-refractivity contribution < 1.29 is 17.9 Å². The van der Waals surface area contributed by atoms with Crippen LogP contribution in [0, 0.1) is 6.07 Å². The van der Waals surface area contributed by atoms with E-state index in [2.05, 4.69) is 10.8 Å². The molecule has 0 saturated heterocycles. The minimum atomic E-state index is -4.67. The van der Waals surface area contributed by atoms with Crippen LogP contribution >= 0.6 is 0 Å². The maximum Gasteiger partial charge on any atom is 0.573 e. The van der Waals surface area contributed by atoms with Crippen molar-refractivity contribution in [3.8, 4) is 28.0 Å². The van der Waals surface area contributed by atoms with Gasteiger partial charge < -0.3 is 4.74 Å². The monoisotopic (exact) mass is 313 g/mol. The maximum atomic E-state index is 12.1. The lowest BCUT2D eigenvalue weighted by Gasteiger charge is -2.09. The van der Waals surface area contributed by atoms with E-state index < -0.39 is 6.36 Å². The molecule has 3 aromatic rings. The van der Waals surface area contributed by atoms with Crippen LogP contribution in [0.15, 0.2) is 72.8 Å². The Labute approximate surface area is 132 Å². The second-order valence-electron chi connectivity index (χ2n) is 4.94. The highest BCUT2D eigenvalue weighted by molar-refractivity contribution is 5.70. The molecule has 0 fully saturated rings. The molecule has 0 aromatic heterocycles. The summed E-state index contributed by atoms with van der Waals surface area (Å²) in [6.45, 7) is 0. The van der Waals surface area contributed by atoms with Gasteiger partial charge in [0.25, 0.3) is 0 Å². The molecule has 23 heavy (non-hydrogen) atoms. The van der Waals surface area contributed by atoms with Crippen molar-refractivity contribution in [3.63, 3.8) is 0 Å². The number of rotatable bonds is 3. The largest absolute Gasteiger partial charge is 0.573 e. The van der Waals surface area contributed by atoms with Gasteiger partial charge in [-0.1, -0.05) is 60.7 Å². The van der Waals surface area contributed by atoms with Crippen molar-refractivity contribution in [2.45, 2.75) is 6.36 Å². The van der Waals surface area contributed by atoms with Crippen LogP contribution in [-0.2, 0) is 0 Å². The van der Waals surface area contributed by atoms with Crippen LogP contribution in [0.1, 0.15) is 0 Å². The number of benzene rings is 3. The van der Waals surface area contributed by atoms with Gasteiger partial charge in [-0.05, 0) is 40.5 Å². The van der Waals surface area contributed by atoms with Gasteiger partial charge in [-0.3, -0.25) is 0 Å². The lowest BCUT2D eigenvalue weighted by molar-refractivity contribution is -0.274. The van der Waals surface area contributed by atoms with E-state index in [1.807, 2.05) is 48.5 Å². The second-order valence-corrected chi connectivity index (χ2v) is 4.94. The normalized spacial score (nSPS) is 11.3. The number of alkyl halides is 3. The molecule has 0 amide bonds. The van der Waals surface area contributed by atoms with Gasteiger partial charge in [-0.2, -0.15) is 0 Å². The Kier molecular flexibility index (Phi) is 4.06. The number of hydrogen-bond donors (Lipinski definition) is 0. The highest BCUT2D eigenvalue weighted by Gasteiger charge is 2.30. The molecule has 0 N–H and O–H groups in total. The quantitative estimate of drug-likeness (QED) is 0.601. The van der Waals surface area contributed by atoms with Gasteiger partial charge in [0.2, 0.25) is 0 Å². The summed E-state index contributed by atoms with van der Waals surface area (Å²) in [6, 6.07) is 24.3. The molecule has 0 atom stereocenters. The van der Waals surface area contributed by atoms with E-state index in [0.717, 1.165) is 22.3 Å². The van der Waals surface area contributed by atoms with Crippen LogP contribution in [-0.4, -0.2) is 6.36 Å². The molecule has 0 bridgehead atoms. The first-order valence-corrected chi connectivity index (χ1v) is 6.94. The molecule has 1 nitrogen and oxygen atoms in total. The number of hydrogen-bond acceptors (Lipinski definition) is 1. The van der Waals surface area contributed by atoms with Crippen molar-refractivity contribution in [1.82, 2.24) is 0 Å². The second kappa shape index (κ2) is 6.16. The van der Waals surface area contributed by atoms with Crippen molar-refractivity contribution in [1.29, 1.82) is 0 Å². The summed E-state index contributed by atoms with van der Waals surface area (Å²) in [5, 5.41) is 0. The molecule has 0 aliphatic rings. The van der Waals surface area contributed by atoms with E-state index in [-0.39, 0.29) is 5.75 Å². The van der Waals surface area contributed by atoms with E-state index in [1.54, 1.807) is 12.1 Å². The van der Waals surface area contributed by atoms with Gasteiger partial charge in [0, 0.05) is 0 Å².